The van der Waals surface area contributed by atoms with Gasteiger partial charge in [-0.1, -0.05) is 18.2 Å². The number of fused-ring (bicyclic) bond motifs is 1. The molecular weight excluding hydrogens is 409 g/mol. The Morgan fingerprint density at radius 1 is 0.938 bits per heavy atom. The minimum absolute atomic E-state index is 0.0932. The summed E-state index contributed by atoms with van der Waals surface area (Å²) in [5.41, 5.74) is 1.98. The Bertz CT molecular complexity index is 1080. The van der Waals surface area contributed by atoms with Gasteiger partial charge < -0.3 is 18.9 Å². The lowest BCUT2D eigenvalue weighted by Gasteiger charge is -2.35. The van der Waals surface area contributed by atoms with Gasteiger partial charge in [-0.3, -0.25) is 9.69 Å². The van der Waals surface area contributed by atoms with Crippen LogP contribution in [0.4, 0.5) is 4.39 Å². The Labute approximate surface area is 186 Å². The van der Waals surface area contributed by atoms with Crippen molar-refractivity contribution in [2.75, 3.05) is 33.0 Å². The highest BCUT2D eigenvalue weighted by Crippen LogP contribution is 2.33. The van der Waals surface area contributed by atoms with Crippen molar-refractivity contribution in [3.05, 3.63) is 83.9 Å². The molecule has 3 aromatic rings. The largest absolute Gasteiger partial charge is 0.454 e. The number of amides is 1. The highest BCUT2D eigenvalue weighted by atomic mass is 19.1. The van der Waals surface area contributed by atoms with E-state index in [1.54, 1.807) is 6.07 Å². The van der Waals surface area contributed by atoms with Crippen LogP contribution >= 0.6 is 0 Å². The topological polar surface area (TPSA) is 46.9 Å². The van der Waals surface area contributed by atoms with Gasteiger partial charge in [0.05, 0.1) is 12.5 Å². The first kappa shape index (κ1) is 20.6. The number of rotatable bonds is 6. The molecule has 1 saturated heterocycles. The number of ether oxygens (including phenoxy) is 2. The van der Waals surface area contributed by atoms with Gasteiger partial charge in [0.25, 0.3) is 0 Å². The summed E-state index contributed by atoms with van der Waals surface area (Å²) >= 11 is 0. The van der Waals surface area contributed by atoms with Crippen molar-refractivity contribution in [1.82, 2.24) is 14.4 Å². The molecule has 166 valence electrons. The second-order valence-electron chi connectivity index (χ2n) is 8.25. The average molecular weight is 435 g/mol. The van der Waals surface area contributed by atoms with Crippen molar-refractivity contribution in [3.63, 3.8) is 0 Å². The number of carbonyl (C=O) groups excluding carboxylic acids is 1. The molecule has 0 aliphatic carbocycles. The number of piperazine rings is 1. The van der Waals surface area contributed by atoms with Crippen LogP contribution < -0.4 is 9.47 Å². The van der Waals surface area contributed by atoms with Crippen molar-refractivity contribution >= 4 is 5.91 Å². The van der Waals surface area contributed by atoms with Crippen LogP contribution in [0.1, 0.15) is 23.6 Å². The molecule has 2 aliphatic heterocycles. The monoisotopic (exact) mass is 435 g/mol. The van der Waals surface area contributed by atoms with Crippen molar-refractivity contribution in [1.29, 1.82) is 0 Å². The van der Waals surface area contributed by atoms with Crippen molar-refractivity contribution < 1.29 is 18.7 Å². The molecule has 7 heteroatoms. The smallest absolute Gasteiger partial charge is 0.231 e. The molecule has 2 aliphatic rings. The first-order valence-corrected chi connectivity index (χ1v) is 10.9. The molecule has 32 heavy (non-hydrogen) atoms. The molecule has 3 heterocycles. The highest BCUT2D eigenvalue weighted by Gasteiger charge is 2.25. The van der Waals surface area contributed by atoms with Crippen LogP contribution in [0.25, 0.3) is 0 Å². The molecule has 0 spiro atoms. The van der Waals surface area contributed by atoms with E-state index in [-0.39, 0.29) is 24.6 Å². The van der Waals surface area contributed by atoms with E-state index in [4.69, 9.17) is 9.47 Å². The number of carbonyl (C=O) groups is 1. The number of nitrogens with zero attached hydrogens (tertiary/aromatic N) is 3. The van der Waals surface area contributed by atoms with Gasteiger partial charge in [-0.2, -0.15) is 0 Å². The predicted molar refractivity (Wildman–Crippen MR) is 118 cm³/mol. The van der Waals surface area contributed by atoms with Crippen LogP contribution in [0.5, 0.6) is 11.5 Å². The van der Waals surface area contributed by atoms with E-state index in [0.717, 1.165) is 36.7 Å². The normalized spacial score (nSPS) is 16.8. The fraction of sp³-hybridized carbons (Fsp3) is 0.320. The van der Waals surface area contributed by atoms with E-state index in [0.29, 0.717) is 19.5 Å². The third kappa shape index (κ3) is 4.48. The molecule has 6 nitrogen and oxygen atoms in total. The van der Waals surface area contributed by atoms with Gasteiger partial charge in [0.2, 0.25) is 12.7 Å². The maximum Gasteiger partial charge on any atom is 0.231 e. The van der Waals surface area contributed by atoms with E-state index in [2.05, 4.69) is 11.0 Å². The van der Waals surface area contributed by atoms with Crippen LogP contribution in [0, 0.1) is 5.82 Å². The van der Waals surface area contributed by atoms with Crippen molar-refractivity contribution in [2.24, 2.45) is 0 Å². The van der Waals surface area contributed by atoms with Crippen LogP contribution in [0.15, 0.2) is 67.0 Å². The van der Waals surface area contributed by atoms with E-state index in [9.17, 15) is 9.18 Å². The van der Waals surface area contributed by atoms with Crippen LogP contribution in [0.3, 0.4) is 0 Å². The fourth-order valence-corrected chi connectivity index (χ4v) is 4.41. The lowest BCUT2D eigenvalue weighted by Crippen LogP contribution is -2.48. The summed E-state index contributed by atoms with van der Waals surface area (Å²) in [7, 11) is 0. The van der Waals surface area contributed by atoms with Gasteiger partial charge in [0, 0.05) is 45.1 Å². The zero-order chi connectivity index (χ0) is 21.9. The van der Waals surface area contributed by atoms with Gasteiger partial charge in [-0.05, 0) is 47.5 Å². The molecule has 0 radical (unpaired) electrons. The van der Waals surface area contributed by atoms with Gasteiger partial charge in [0.15, 0.2) is 11.5 Å². The molecule has 0 bridgehead atoms. The van der Waals surface area contributed by atoms with Gasteiger partial charge in [0.1, 0.15) is 5.82 Å². The fourth-order valence-electron chi connectivity index (χ4n) is 4.41. The van der Waals surface area contributed by atoms with E-state index in [1.165, 1.54) is 17.7 Å². The molecule has 2 aromatic carbocycles. The minimum atomic E-state index is -0.288. The number of halogens is 1. The number of aromatic nitrogens is 1. The SMILES string of the molecule is O=C(C[C@@H](c1cccc(F)c1)n1cccc1)N1CCN(Cc2ccc3c(c2)OCO3)CC1. The average Bonchev–Trinajstić information content (AvgIpc) is 3.50. The summed E-state index contributed by atoms with van der Waals surface area (Å²) in [6, 6.07) is 16.2. The predicted octanol–water partition coefficient (Wildman–Crippen LogP) is 3.68. The maximum absolute atomic E-state index is 13.8. The van der Waals surface area contributed by atoms with Crippen molar-refractivity contribution in [3.8, 4) is 11.5 Å². The van der Waals surface area contributed by atoms with Gasteiger partial charge in [-0.15, -0.1) is 0 Å². The van der Waals surface area contributed by atoms with Gasteiger partial charge >= 0.3 is 0 Å². The Morgan fingerprint density at radius 2 is 1.72 bits per heavy atom. The summed E-state index contributed by atoms with van der Waals surface area (Å²) in [5, 5.41) is 0. The van der Waals surface area contributed by atoms with Crippen LogP contribution in [0.2, 0.25) is 0 Å². The molecule has 0 saturated carbocycles. The lowest BCUT2D eigenvalue weighted by molar-refractivity contribution is -0.133. The molecule has 5 rings (SSSR count). The van der Waals surface area contributed by atoms with E-state index in [1.807, 2.05) is 52.2 Å². The Kier molecular flexibility index (Phi) is 5.81. The standard InChI is InChI=1S/C25H26FN3O3/c26-21-5-3-4-20(15-21)22(28-8-1-2-9-28)16-25(30)29-12-10-27(11-13-29)17-19-6-7-23-24(14-19)32-18-31-23/h1-9,14-15,22H,10-13,16-18H2/t22-/m0/s1. The lowest BCUT2D eigenvalue weighted by atomic mass is 10.0. The third-order valence-electron chi connectivity index (χ3n) is 6.16. The zero-order valence-corrected chi connectivity index (χ0v) is 17.8. The summed E-state index contributed by atoms with van der Waals surface area (Å²) < 4.78 is 26.7. The molecule has 1 aromatic heterocycles. The minimum Gasteiger partial charge on any atom is -0.454 e. The van der Waals surface area contributed by atoms with Crippen LogP contribution in [-0.4, -0.2) is 53.2 Å². The number of hydrogen-bond acceptors (Lipinski definition) is 4. The Hall–Kier alpha value is -3.32. The summed E-state index contributed by atoms with van der Waals surface area (Å²) in [6.07, 6.45) is 4.15. The van der Waals surface area contributed by atoms with E-state index < -0.39 is 0 Å². The number of benzene rings is 2. The Balaban J connectivity index is 1.20. The van der Waals surface area contributed by atoms with E-state index >= 15 is 0 Å². The second kappa shape index (κ2) is 9.04. The molecule has 1 amide bonds. The zero-order valence-electron chi connectivity index (χ0n) is 17.8. The Morgan fingerprint density at radius 3 is 2.50 bits per heavy atom. The quantitative estimate of drug-likeness (QED) is 0.593. The summed E-state index contributed by atoms with van der Waals surface area (Å²) in [4.78, 5) is 17.4. The van der Waals surface area contributed by atoms with Crippen molar-refractivity contribution in [2.45, 2.75) is 19.0 Å². The highest BCUT2D eigenvalue weighted by molar-refractivity contribution is 5.77. The molecule has 0 unspecified atom stereocenters. The molecule has 1 fully saturated rings. The third-order valence-corrected chi connectivity index (χ3v) is 6.16. The maximum atomic E-state index is 13.8. The number of hydrogen-bond donors (Lipinski definition) is 0. The first-order valence-electron chi connectivity index (χ1n) is 10.9. The molecular formula is C25H26FN3O3. The summed E-state index contributed by atoms with van der Waals surface area (Å²) in [5.74, 6) is 1.39. The van der Waals surface area contributed by atoms with Crippen LogP contribution in [-0.2, 0) is 11.3 Å². The molecule has 1 atom stereocenters. The van der Waals surface area contributed by atoms with Gasteiger partial charge in [-0.25, -0.2) is 4.39 Å². The second-order valence-corrected chi connectivity index (χ2v) is 8.25. The summed E-state index contributed by atoms with van der Waals surface area (Å²) in [6.45, 7) is 4.09. The first-order chi connectivity index (χ1) is 15.7. The molecule has 0 N–H and O–H groups in total.